The van der Waals surface area contributed by atoms with E-state index in [4.69, 9.17) is 0 Å². The molecule has 0 aromatic heterocycles. The molecule has 2 aliphatic carbocycles. The van der Waals surface area contributed by atoms with Crippen LogP contribution in [0.4, 0.5) is 5.69 Å². The number of imide groups is 1. The van der Waals surface area contributed by atoms with Crippen molar-refractivity contribution >= 4 is 34.4 Å². The second kappa shape index (κ2) is 8.11. The molecule has 4 heteroatoms. The summed E-state index contributed by atoms with van der Waals surface area (Å²) in [6, 6.07) is 25.8. The Morgan fingerprint density at radius 3 is 1.54 bits per heavy atom. The first-order valence-corrected chi connectivity index (χ1v) is 13.2. The van der Waals surface area contributed by atoms with E-state index in [9.17, 15) is 14.4 Å². The summed E-state index contributed by atoms with van der Waals surface area (Å²) in [6.07, 6.45) is 0.935. The lowest BCUT2D eigenvalue weighted by atomic mass is 9.60. The van der Waals surface area contributed by atoms with Crippen LogP contribution in [0, 0.1) is 36.5 Å². The van der Waals surface area contributed by atoms with Gasteiger partial charge in [-0.2, -0.15) is 0 Å². The molecule has 1 heterocycles. The van der Waals surface area contributed by atoms with E-state index in [-0.39, 0.29) is 17.6 Å². The third-order valence-electron chi connectivity index (χ3n) is 9.15. The van der Waals surface area contributed by atoms with Crippen molar-refractivity contribution in [2.24, 2.45) is 22.7 Å². The van der Waals surface area contributed by atoms with Gasteiger partial charge in [0.2, 0.25) is 11.8 Å². The quantitative estimate of drug-likeness (QED) is 0.389. The molecule has 2 fully saturated rings. The summed E-state index contributed by atoms with van der Waals surface area (Å²) in [4.78, 5) is 44.8. The summed E-state index contributed by atoms with van der Waals surface area (Å²) in [5.74, 6) is -1.86. The number of hydrogen-bond donors (Lipinski definition) is 0. The predicted molar refractivity (Wildman–Crippen MR) is 146 cm³/mol. The highest BCUT2D eigenvalue weighted by Gasteiger charge is 2.80. The Bertz CT molecular complexity index is 1400. The van der Waals surface area contributed by atoms with E-state index in [1.54, 1.807) is 0 Å². The van der Waals surface area contributed by atoms with Gasteiger partial charge in [0.15, 0.2) is 5.78 Å². The number of rotatable bonds is 5. The monoisotopic (exact) mass is 489 g/mol. The normalized spacial score (nSPS) is 28.4. The molecular formula is C33H31NO3. The van der Waals surface area contributed by atoms with E-state index in [0.29, 0.717) is 18.5 Å². The van der Waals surface area contributed by atoms with Gasteiger partial charge in [0.05, 0.1) is 28.4 Å². The topological polar surface area (TPSA) is 54.5 Å². The number of aryl methyl sites for hydroxylation is 2. The number of fused-ring (bicyclic) bond motifs is 5. The minimum absolute atomic E-state index is 0.0414. The van der Waals surface area contributed by atoms with Crippen molar-refractivity contribution in [2.75, 3.05) is 4.90 Å². The first kappa shape index (κ1) is 23.6. The Balaban J connectivity index is 1.67. The number of benzene rings is 3. The van der Waals surface area contributed by atoms with E-state index in [2.05, 4.69) is 0 Å². The van der Waals surface area contributed by atoms with Crippen molar-refractivity contribution in [3.05, 3.63) is 101 Å². The average molecular weight is 490 g/mol. The molecule has 0 unspecified atom stereocenters. The van der Waals surface area contributed by atoms with Gasteiger partial charge in [-0.1, -0.05) is 92.2 Å². The second-order valence-electron chi connectivity index (χ2n) is 10.7. The van der Waals surface area contributed by atoms with Gasteiger partial charge in [-0.15, -0.1) is 0 Å². The van der Waals surface area contributed by atoms with Gasteiger partial charge in [-0.25, -0.2) is 4.90 Å². The van der Waals surface area contributed by atoms with E-state index in [1.807, 2.05) is 107 Å². The molecule has 0 spiro atoms. The van der Waals surface area contributed by atoms with Crippen LogP contribution in [-0.2, 0) is 14.4 Å². The maximum Gasteiger partial charge on any atom is 0.239 e. The third kappa shape index (κ3) is 2.76. The Morgan fingerprint density at radius 1 is 0.676 bits per heavy atom. The lowest BCUT2D eigenvalue weighted by Gasteiger charge is -2.38. The summed E-state index contributed by atoms with van der Waals surface area (Å²) in [7, 11) is 0. The van der Waals surface area contributed by atoms with Crippen LogP contribution in [0.15, 0.2) is 78.9 Å². The minimum Gasteiger partial charge on any atom is -0.298 e. The van der Waals surface area contributed by atoms with Crippen LogP contribution < -0.4 is 4.90 Å². The SMILES string of the molecule is CC[C@]12C(=O)[C@](CC)(C(c3ccccc3)=C1c1ccccc1)[C@H]1C(=O)N(c3ccc(C)cc3C)C(=O)[C@@H]12. The molecule has 37 heavy (non-hydrogen) atoms. The number of hydrogen-bond acceptors (Lipinski definition) is 3. The largest absolute Gasteiger partial charge is 0.298 e. The smallest absolute Gasteiger partial charge is 0.239 e. The van der Waals surface area contributed by atoms with Gasteiger partial charge < -0.3 is 0 Å². The zero-order valence-corrected chi connectivity index (χ0v) is 21.7. The van der Waals surface area contributed by atoms with Gasteiger partial charge in [-0.05, 0) is 60.6 Å². The van der Waals surface area contributed by atoms with Crippen LogP contribution in [-0.4, -0.2) is 17.6 Å². The molecule has 4 atom stereocenters. The first-order valence-electron chi connectivity index (χ1n) is 13.2. The van der Waals surface area contributed by atoms with Crippen molar-refractivity contribution in [2.45, 2.75) is 40.5 Å². The van der Waals surface area contributed by atoms with Gasteiger partial charge in [0.25, 0.3) is 0 Å². The Labute approximate surface area is 218 Å². The fraction of sp³-hybridized carbons (Fsp3) is 0.303. The molecule has 2 bridgehead atoms. The number of nitrogens with zero attached hydrogens (tertiary/aromatic N) is 1. The summed E-state index contributed by atoms with van der Waals surface area (Å²) in [5.41, 5.74) is 4.26. The highest BCUT2D eigenvalue weighted by molar-refractivity contribution is 6.34. The number of carbonyl (C=O) groups is 3. The average Bonchev–Trinajstić information content (AvgIpc) is 3.41. The lowest BCUT2D eigenvalue weighted by Crippen LogP contribution is -2.42. The Hall–Kier alpha value is -3.79. The number of carbonyl (C=O) groups excluding carboxylic acids is 3. The Morgan fingerprint density at radius 2 is 1.14 bits per heavy atom. The highest BCUT2D eigenvalue weighted by Crippen LogP contribution is 2.75. The van der Waals surface area contributed by atoms with E-state index >= 15 is 0 Å². The number of allylic oxidation sites excluding steroid dienone is 2. The lowest BCUT2D eigenvalue weighted by molar-refractivity contribution is -0.134. The van der Waals surface area contributed by atoms with Gasteiger partial charge in [-0.3, -0.25) is 14.4 Å². The second-order valence-corrected chi connectivity index (χ2v) is 10.7. The number of amides is 2. The molecule has 1 aliphatic heterocycles. The molecule has 3 aromatic rings. The van der Waals surface area contributed by atoms with Gasteiger partial charge in [0, 0.05) is 0 Å². The molecule has 3 aromatic carbocycles. The van der Waals surface area contributed by atoms with Crippen LogP contribution in [0.3, 0.4) is 0 Å². The van der Waals surface area contributed by atoms with Crippen molar-refractivity contribution in [1.29, 1.82) is 0 Å². The van der Waals surface area contributed by atoms with Crippen LogP contribution >= 0.6 is 0 Å². The van der Waals surface area contributed by atoms with Crippen LogP contribution in [0.2, 0.25) is 0 Å². The maximum absolute atomic E-state index is 14.7. The molecule has 0 radical (unpaired) electrons. The summed E-state index contributed by atoms with van der Waals surface area (Å²) in [6.45, 7) is 7.92. The minimum atomic E-state index is -1.05. The Kier molecular flexibility index (Phi) is 5.17. The molecule has 1 saturated heterocycles. The fourth-order valence-electron chi connectivity index (χ4n) is 7.75. The van der Waals surface area contributed by atoms with Crippen LogP contribution in [0.5, 0.6) is 0 Å². The van der Waals surface area contributed by atoms with E-state index in [0.717, 1.165) is 33.4 Å². The number of anilines is 1. The standard InChI is InChI=1S/C33H31NO3/c1-5-32-25(22-13-9-7-10-14-22)26(23-15-11-8-12-16-23)33(6-2,31(32)37)28-27(32)29(35)34(30(28)36)24-18-17-20(3)19-21(24)4/h7-19,27-28H,5-6H2,1-4H3/t27-,28-,32-,33+/m1/s1. The van der Waals surface area contributed by atoms with Crippen molar-refractivity contribution in [3.8, 4) is 0 Å². The van der Waals surface area contributed by atoms with E-state index in [1.165, 1.54) is 4.90 Å². The summed E-state index contributed by atoms with van der Waals surface area (Å²) < 4.78 is 0. The highest BCUT2D eigenvalue weighted by atomic mass is 16.2. The van der Waals surface area contributed by atoms with Crippen molar-refractivity contribution < 1.29 is 14.4 Å². The molecule has 4 nitrogen and oxygen atoms in total. The summed E-state index contributed by atoms with van der Waals surface area (Å²) >= 11 is 0. The molecular weight excluding hydrogens is 458 g/mol. The fourth-order valence-corrected chi connectivity index (χ4v) is 7.75. The van der Waals surface area contributed by atoms with E-state index < -0.39 is 22.7 Å². The third-order valence-corrected chi connectivity index (χ3v) is 9.15. The zero-order chi connectivity index (χ0) is 26.1. The van der Waals surface area contributed by atoms with Crippen molar-refractivity contribution in [3.63, 3.8) is 0 Å². The predicted octanol–water partition coefficient (Wildman–Crippen LogP) is 6.41. The molecule has 2 amide bonds. The van der Waals surface area contributed by atoms with Gasteiger partial charge in [0.1, 0.15) is 0 Å². The van der Waals surface area contributed by atoms with Crippen LogP contribution in [0.25, 0.3) is 11.1 Å². The maximum atomic E-state index is 14.7. The first-order chi connectivity index (χ1) is 17.8. The molecule has 1 saturated carbocycles. The molecule has 3 aliphatic rings. The van der Waals surface area contributed by atoms with Crippen molar-refractivity contribution in [1.82, 2.24) is 0 Å². The van der Waals surface area contributed by atoms with Gasteiger partial charge >= 0.3 is 0 Å². The molecule has 6 rings (SSSR count). The number of Topliss-reactive ketones (excluding diaryl/α,β-unsaturated/α-hetero) is 1. The van der Waals surface area contributed by atoms with Crippen LogP contribution in [0.1, 0.15) is 48.9 Å². The zero-order valence-electron chi connectivity index (χ0n) is 21.7. The molecule has 0 N–H and O–H groups in total. The number of ketones is 1. The summed E-state index contributed by atoms with van der Waals surface area (Å²) in [5, 5.41) is 0. The molecule has 186 valence electrons.